The molecule has 81 heavy (non-hydrogen) atoms. The molecule has 0 spiro atoms. The van der Waals surface area contributed by atoms with Crippen molar-refractivity contribution in [3.63, 3.8) is 0 Å². The van der Waals surface area contributed by atoms with Gasteiger partial charge < -0.3 is 14.7 Å². The van der Waals surface area contributed by atoms with Gasteiger partial charge >= 0.3 is 0 Å². The van der Waals surface area contributed by atoms with E-state index in [1.807, 2.05) is 60.9 Å². The molecule has 0 N–H and O–H groups in total. The summed E-state index contributed by atoms with van der Waals surface area (Å²) >= 11 is 0. The van der Waals surface area contributed by atoms with Crippen LogP contribution in [0.4, 0.5) is 51.2 Å². The van der Waals surface area contributed by atoms with Crippen LogP contribution in [0.5, 0.6) is 0 Å². The van der Waals surface area contributed by atoms with Crippen molar-refractivity contribution in [3.05, 3.63) is 337 Å². The van der Waals surface area contributed by atoms with Gasteiger partial charge in [-0.2, -0.15) is 0 Å². The normalized spacial score (nSPS) is 11.3. The highest BCUT2D eigenvalue weighted by molar-refractivity contribution is 5.83. The van der Waals surface area contributed by atoms with Crippen LogP contribution in [0.25, 0.3) is 59.2 Å². The SMILES string of the molecule is C(=C\c1ccnc(-c2cc(/C=C/c3ccc(N(c4ccccc4)c4ccccc4)cc3)cc(-c3cc(/C=C/c4ccc(N(c5ccccc5)c5ccccc5)cc4)ccn3)n2)c1)/c1ccc(N(c2ccccc2)c2ccccc2)cc1. The van der Waals surface area contributed by atoms with Crippen molar-refractivity contribution in [1.82, 2.24) is 15.0 Å². The van der Waals surface area contributed by atoms with E-state index < -0.39 is 0 Å². The summed E-state index contributed by atoms with van der Waals surface area (Å²) in [5.74, 6) is 0. The molecular weight excluding hydrogens is 985 g/mol. The number of para-hydroxylation sites is 6. The quantitative estimate of drug-likeness (QED) is 0.0906. The van der Waals surface area contributed by atoms with Gasteiger partial charge in [-0.05, 0) is 179 Å². The minimum atomic E-state index is 0.744. The van der Waals surface area contributed by atoms with Crippen molar-refractivity contribution in [2.75, 3.05) is 14.7 Å². The Labute approximate surface area is 474 Å². The summed E-state index contributed by atoms with van der Waals surface area (Å²) < 4.78 is 0. The molecule has 0 radical (unpaired) electrons. The van der Waals surface area contributed by atoms with E-state index in [0.29, 0.717) is 0 Å². The zero-order valence-electron chi connectivity index (χ0n) is 44.5. The topological polar surface area (TPSA) is 48.4 Å². The number of nitrogens with zero attached hydrogens (tertiary/aromatic N) is 6. The third-order valence-electron chi connectivity index (χ3n) is 13.9. The standard InChI is InChI=1S/C75H56N6/c1-7-19-63(20-8-1)79(64-21-9-2-10-22-64)69-43-37-57(38-44-69)31-34-60-49-51-76-72(53-60)74-55-62(36-33-59-41-47-71(48-42-59)81(67-27-15-5-16-28-67)68-29-17-6-18-30-68)56-75(78-74)73-54-61(50-52-77-73)35-32-58-39-45-70(46-40-58)80(65-23-11-3-12-24-65)66-25-13-4-14-26-66/h1-56H/b34-31+,35-32+,36-33+. The van der Waals surface area contributed by atoms with E-state index >= 15 is 0 Å². The molecule has 3 heterocycles. The third kappa shape index (κ3) is 12.4. The molecule has 0 aliphatic rings. The Hall–Kier alpha value is -11.0. The van der Waals surface area contributed by atoms with E-state index in [2.05, 4.69) is 294 Å². The summed E-state index contributed by atoms with van der Waals surface area (Å²) in [5.41, 5.74) is 19.1. The summed E-state index contributed by atoms with van der Waals surface area (Å²) in [4.78, 5) is 21.9. The predicted octanol–water partition coefficient (Wildman–Crippen LogP) is 20.1. The fraction of sp³-hybridized carbons (Fsp3) is 0. The molecule has 0 saturated heterocycles. The molecule has 9 aromatic carbocycles. The van der Waals surface area contributed by atoms with Crippen molar-refractivity contribution < 1.29 is 0 Å². The smallest absolute Gasteiger partial charge is 0.0900 e. The maximum Gasteiger partial charge on any atom is 0.0900 e. The zero-order chi connectivity index (χ0) is 54.4. The highest BCUT2D eigenvalue weighted by atomic mass is 15.2. The van der Waals surface area contributed by atoms with Crippen LogP contribution in [0, 0.1) is 0 Å². The molecule has 0 aliphatic carbocycles. The fourth-order valence-electron chi connectivity index (χ4n) is 9.88. The minimum absolute atomic E-state index is 0.744. The summed E-state index contributed by atoms with van der Waals surface area (Å²) in [5, 5.41) is 0. The molecule has 0 atom stereocenters. The molecule has 0 fully saturated rings. The number of rotatable bonds is 17. The first-order valence-electron chi connectivity index (χ1n) is 27.1. The van der Waals surface area contributed by atoms with Gasteiger partial charge in [0.1, 0.15) is 0 Å². The van der Waals surface area contributed by atoms with E-state index in [1.165, 1.54) is 0 Å². The maximum absolute atomic E-state index is 5.27. The molecule has 6 nitrogen and oxygen atoms in total. The van der Waals surface area contributed by atoms with Gasteiger partial charge in [-0.3, -0.25) is 9.97 Å². The van der Waals surface area contributed by atoms with Gasteiger partial charge in [0.15, 0.2) is 0 Å². The van der Waals surface area contributed by atoms with Crippen LogP contribution in [0.15, 0.2) is 304 Å². The fourth-order valence-corrected chi connectivity index (χ4v) is 9.88. The van der Waals surface area contributed by atoms with Crippen molar-refractivity contribution in [3.8, 4) is 22.8 Å². The lowest BCUT2D eigenvalue weighted by Crippen LogP contribution is -2.09. The average molecular weight is 1040 g/mol. The van der Waals surface area contributed by atoms with Gasteiger partial charge in [-0.25, -0.2) is 4.98 Å². The van der Waals surface area contributed by atoms with E-state index in [0.717, 1.165) is 107 Å². The number of anilines is 9. The van der Waals surface area contributed by atoms with E-state index in [9.17, 15) is 0 Å². The highest BCUT2D eigenvalue weighted by Crippen LogP contribution is 2.38. The molecule has 0 aliphatic heterocycles. The van der Waals surface area contributed by atoms with Gasteiger partial charge in [-0.1, -0.05) is 182 Å². The van der Waals surface area contributed by atoms with Gasteiger partial charge in [0.05, 0.1) is 22.8 Å². The van der Waals surface area contributed by atoms with Gasteiger partial charge in [0, 0.05) is 63.6 Å². The summed E-state index contributed by atoms with van der Waals surface area (Å²) in [6, 6.07) is 101. The van der Waals surface area contributed by atoms with Crippen LogP contribution < -0.4 is 14.7 Å². The number of benzene rings is 9. The largest absolute Gasteiger partial charge is 0.311 e. The Morgan fingerprint density at radius 2 is 0.420 bits per heavy atom. The molecule has 6 heteroatoms. The first-order valence-corrected chi connectivity index (χ1v) is 27.1. The van der Waals surface area contributed by atoms with Crippen molar-refractivity contribution >= 4 is 87.6 Å². The molecule has 0 amide bonds. The number of aromatic nitrogens is 3. The number of hydrogen-bond donors (Lipinski definition) is 0. The Kier molecular flexibility index (Phi) is 15.4. The summed E-state index contributed by atoms with van der Waals surface area (Å²) in [6.45, 7) is 0. The van der Waals surface area contributed by atoms with Gasteiger partial charge in [-0.15, -0.1) is 0 Å². The molecule has 0 unspecified atom stereocenters. The molecule has 0 bridgehead atoms. The average Bonchev–Trinajstić information content (AvgIpc) is 3.56. The maximum atomic E-state index is 5.27. The van der Waals surface area contributed by atoms with E-state index in [4.69, 9.17) is 15.0 Å². The van der Waals surface area contributed by atoms with Crippen LogP contribution in [-0.4, -0.2) is 15.0 Å². The van der Waals surface area contributed by atoms with E-state index in [-0.39, 0.29) is 0 Å². The molecule has 0 saturated carbocycles. The molecule has 386 valence electrons. The highest BCUT2D eigenvalue weighted by Gasteiger charge is 2.15. The Morgan fingerprint density at radius 3 is 0.691 bits per heavy atom. The number of hydrogen-bond acceptors (Lipinski definition) is 6. The Bertz CT molecular complexity index is 3740. The Balaban J connectivity index is 0.836. The predicted molar refractivity (Wildman–Crippen MR) is 341 cm³/mol. The lowest BCUT2D eigenvalue weighted by molar-refractivity contribution is 1.21. The second-order valence-corrected chi connectivity index (χ2v) is 19.4. The van der Waals surface area contributed by atoms with Gasteiger partial charge in [0.25, 0.3) is 0 Å². The lowest BCUT2D eigenvalue weighted by atomic mass is 10.1. The monoisotopic (exact) mass is 1040 g/mol. The first kappa shape index (κ1) is 50.8. The molecule has 12 rings (SSSR count). The van der Waals surface area contributed by atoms with Crippen LogP contribution in [-0.2, 0) is 0 Å². The lowest BCUT2D eigenvalue weighted by Gasteiger charge is -2.25. The van der Waals surface area contributed by atoms with Crippen LogP contribution in [0.2, 0.25) is 0 Å². The first-order chi connectivity index (χ1) is 40.1. The van der Waals surface area contributed by atoms with Crippen LogP contribution in [0.3, 0.4) is 0 Å². The summed E-state index contributed by atoms with van der Waals surface area (Å²) in [7, 11) is 0. The molecular formula is C75H56N6. The zero-order valence-corrected chi connectivity index (χ0v) is 44.5. The third-order valence-corrected chi connectivity index (χ3v) is 13.9. The van der Waals surface area contributed by atoms with Crippen LogP contribution >= 0.6 is 0 Å². The van der Waals surface area contributed by atoms with Crippen molar-refractivity contribution in [1.29, 1.82) is 0 Å². The van der Waals surface area contributed by atoms with Crippen molar-refractivity contribution in [2.45, 2.75) is 0 Å². The summed E-state index contributed by atoms with van der Waals surface area (Å²) in [6.07, 6.45) is 16.5. The van der Waals surface area contributed by atoms with Gasteiger partial charge in [0.2, 0.25) is 0 Å². The number of pyridine rings is 3. The molecule has 12 aromatic rings. The van der Waals surface area contributed by atoms with Crippen LogP contribution in [0.1, 0.15) is 33.4 Å². The Morgan fingerprint density at radius 1 is 0.198 bits per heavy atom. The molecule has 3 aromatic heterocycles. The van der Waals surface area contributed by atoms with E-state index in [1.54, 1.807) is 0 Å². The second-order valence-electron chi connectivity index (χ2n) is 19.4. The second kappa shape index (κ2) is 24.6. The van der Waals surface area contributed by atoms with Crippen molar-refractivity contribution in [2.24, 2.45) is 0 Å². The minimum Gasteiger partial charge on any atom is -0.311 e.